The Labute approximate surface area is 178 Å². The smallest absolute Gasteiger partial charge is 0.338 e. The number of benzene rings is 1. The summed E-state index contributed by atoms with van der Waals surface area (Å²) in [5, 5.41) is 11.9. The summed E-state index contributed by atoms with van der Waals surface area (Å²) >= 11 is 1.28. The zero-order valence-corrected chi connectivity index (χ0v) is 17.6. The molecule has 9 heteroatoms. The Bertz CT molecular complexity index is 1040. The maximum absolute atomic E-state index is 12.3. The van der Waals surface area contributed by atoms with E-state index in [-0.39, 0.29) is 11.7 Å². The molecule has 156 valence electrons. The predicted octanol–water partition coefficient (Wildman–Crippen LogP) is 3.94. The Morgan fingerprint density at radius 2 is 2.03 bits per heavy atom. The third kappa shape index (κ3) is 4.98. The van der Waals surface area contributed by atoms with Crippen LogP contribution in [0.2, 0.25) is 0 Å². The van der Waals surface area contributed by atoms with Crippen molar-refractivity contribution in [2.45, 2.75) is 25.5 Å². The van der Waals surface area contributed by atoms with Crippen molar-refractivity contribution < 1.29 is 18.7 Å². The summed E-state index contributed by atoms with van der Waals surface area (Å²) in [7, 11) is 0. The van der Waals surface area contributed by atoms with Crippen LogP contribution in [0, 0.1) is 6.92 Å². The maximum Gasteiger partial charge on any atom is 0.338 e. The van der Waals surface area contributed by atoms with Gasteiger partial charge in [-0.25, -0.2) is 4.79 Å². The van der Waals surface area contributed by atoms with Crippen LogP contribution in [0.25, 0.3) is 11.4 Å². The van der Waals surface area contributed by atoms with E-state index in [1.165, 1.54) is 11.8 Å². The quantitative estimate of drug-likeness (QED) is 0.314. The van der Waals surface area contributed by atoms with Crippen LogP contribution in [-0.4, -0.2) is 39.0 Å². The molecule has 2 aromatic heterocycles. The lowest BCUT2D eigenvalue weighted by Crippen LogP contribution is -2.15. The van der Waals surface area contributed by atoms with Gasteiger partial charge in [0.15, 0.2) is 11.0 Å². The topological polar surface area (TPSA) is 99.2 Å². The van der Waals surface area contributed by atoms with Gasteiger partial charge in [-0.05, 0) is 44.2 Å². The molecule has 1 amide bonds. The molecule has 30 heavy (non-hydrogen) atoms. The summed E-state index contributed by atoms with van der Waals surface area (Å²) in [5.74, 6) is 0.973. The van der Waals surface area contributed by atoms with E-state index in [1.54, 1.807) is 43.5 Å². The highest BCUT2D eigenvalue weighted by Gasteiger charge is 2.17. The van der Waals surface area contributed by atoms with E-state index in [4.69, 9.17) is 9.15 Å². The lowest BCUT2D eigenvalue weighted by atomic mass is 10.2. The van der Waals surface area contributed by atoms with E-state index in [2.05, 4.69) is 22.1 Å². The van der Waals surface area contributed by atoms with Gasteiger partial charge in [-0.15, -0.1) is 16.8 Å². The third-order valence-corrected chi connectivity index (χ3v) is 5.11. The van der Waals surface area contributed by atoms with Crippen LogP contribution >= 0.6 is 11.8 Å². The Kier molecular flexibility index (Phi) is 7.08. The molecular weight excluding hydrogens is 404 g/mol. The first-order valence-corrected chi connectivity index (χ1v) is 10.3. The minimum atomic E-state index is -0.392. The zero-order chi connectivity index (χ0) is 21.5. The van der Waals surface area contributed by atoms with Crippen LogP contribution in [0.4, 0.5) is 5.69 Å². The number of anilines is 1. The van der Waals surface area contributed by atoms with E-state index < -0.39 is 5.97 Å². The maximum atomic E-state index is 12.3. The van der Waals surface area contributed by atoms with Gasteiger partial charge in [0.25, 0.3) is 0 Å². The zero-order valence-electron chi connectivity index (χ0n) is 16.8. The first kappa shape index (κ1) is 21.4. The molecule has 0 fully saturated rings. The number of carbonyl (C=O) groups excluding carboxylic acids is 2. The van der Waals surface area contributed by atoms with Crippen LogP contribution in [-0.2, 0) is 16.1 Å². The van der Waals surface area contributed by atoms with Crippen molar-refractivity contribution in [1.82, 2.24) is 14.8 Å². The van der Waals surface area contributed by atoms with Gasteiger partial charge < -0.3 is 14.5 Å². The van der Waals surface area contributed by atoms with Crippen LogP contribution in [0.1, 0.15) is 23.0 Å². The second-order valence-corrected chi connectivity index (χ2v) is 7.17. The summed E-state index contributed by atoms with van der Waals surface area (Å²) in [5.41, 5.74) is 1.88. The summed E-state index contributed by atoms with van der Waals surface area (Å²) in [6.45, 7) is 8.21. The number of ether oxygens (including phenoxy) is 1. The molecule has 0 spiro atoms. The molecule has 0 aliphatic heterocycles. The number of aryl methyl sites for hydroxylation is 1. The second kappa shape index (κ2) is 9.93. The molecule has 2 heterocycles. The molecule has 0 unspecified atom stereocenters. The van der Waals surface area contributed by atoms with Crippen LogP contribution in [0.5, 0.6) is 0 Å². The minimum absolute atomic E-state index is 0.152. The highest BCUT2D eigenvalue weighted by Crippen LogP contribution is 2.27. The Hall–Kier alpha value is -3.33. The van der Waals surface area contributed by atoms with Gasteiger partial charge in [0.1, 0.15) is 5.76 Å². The normalized spacial score (nSPS) is 10.6. The number of amides is 1. The van der Waals surface area contributed by atoms with Gasteiger partial charge in [0.05, 0.1) is 29.7 Å². The fourth-order valence-electron chi connectivity index (χ4n) is 2.74. The first-order chi connectivity index (χ1) is 14.5. The lowest BCUT2D eigenvalue weighted by molar-refractivity contribution is -0.113. The van der Waals surface area contributed by atoms with Crippen molar-refractivity contribution >= 4 is 29.3 Å². The number of aromatic nitrogens is 3. The molecule has 0 radical (unpaired) electrons. The Morgan fingerprint density at radius 1 is 1.27 bits per heavy atom. The molecule has 0 saturated heterocycles. The van der Waals surface area contributed by atoms with Crippen molar-refractivity contribution in [3.8, 4) is 11.4 Å². The summed E-state index contributed by atoms with van der Waals surface area (Å²) < 4.78 is 12.2. The number of hydrogen-bond acceptors (Lipinski definition) is 7. The van der Waals surface area contributed by atoms with E-state index in [0.717, 1.165) is 11.3 Å². The SMILES string of the molecule is C=CCn1c(SCC(=O)Nc2ccc(C(=O)OCC)cc2)nnc1-c1ccoc1C. The highest BCUT2D eigenvalue weighted by atomic mass is 32.2. The summed E-state index contributed by atoms with van der Waals surface area (Å²) in [6.07, 6.45) is 3.35. The van der Waals surface area contributed by atoms with Crippen molar-refractivity contribution in [3.63, 3.8) is 0 Å². The molecule has 0 saturated carbocycles. The molecule has 0 bridgehead atoms. The van der Waals surface area contributed by atoms with E-state index in [1.807, 2.05) is 17.6 Å². The van der Waals surface area contributed by atoms with Gasteiger partial charge in [0.2, 0.25) is 5.91 Å². The third-order valence-electron chi connectivity index (χ3n) is 4.14. The molecule has 1 N–H and O–H groups in total. The first-order valence-electron chi connectivity index (χ1n) is 9.31. The van der Waals surface area contributed by atoms with Crippen molar-refractivity contribution in [2.24, 2.45) is 0 Å². The molecule has 0 aliphatic rings. The van der Waals surface area contributed by atoms with Gasteiger partial charge in [0, 0.05) is 12.2 Å². The Balaban J connectivity index is 1.63. The van der Waals surface area contributed by atoms with Crippen molar-refractivity contribution in [1.29, 1.82) is 0 Å². The fraction of sp³-hybridized carbons (Fsp3) is 0.238. The average Bonchev–Trinajstić information content (AvgIpc) is 3.33. The average molecular weight is 426 g/mol. The summed E-state index contributed by atoms with van der Waals surface area (Å²) in [6, 6.07) is 8.38. The molecule has 0 atom stereocenters. The van der Waals surface area contributed by atoms with Crippen LogP contribution < -0.4 is 5.32 Å². The van der Waals surface area contributed by atoms with Gasteiger partial charge in [-0.1, -0.05) is 17.8 Å². The number of furan rings is 1. The molecule has 0 aliphatic carbocycles. The summed E-state index contributed by atoms with van der Waals surface area (Å²) in [4.78, 5) is 24.0. The molecule has 1 aromatic carbocycles. The number of nitrogens with zero attached hydrogens (tertiary/aromatic N) is 3. The van der Waals surface area contributed by atoms with E-state index >= 15 is 0 Å². The van der Waals surface area contributed by atoms with E-state index in [9.17, 15) is 9.59 Å². The fourth-order valence-corrected chi connectivity index (χ4v) is 3.48. The predicted molar refractivity (Wildman–Crippen MR) is 114 cm³/mol. The standard InChI is InChI=1S/C21H22N4O4S/c1-4-11-25-19(17-10-12-29-14(17)3)23-24-21(25)30-13-18(26)22-16-8-6-15(7-9-16)20(27)28-5-2/h4,6-10,12H,1,5,11,13H2,2-3H3,(H,22,26). The van der Waals surface area contributed by atoms with E-state index in [0.29, 0.717) is 35.4 Å². The monoisotopic (exact) mass is 426 g/mol. The largest absolute Gasteiger partial charge is 0.469 e. The minimum Gasteiger partial charge on any atom is -0.469 e. The highest BCUT2D eigenvalue weighted by molar-refractivity contribution is 7.99. The second-order valence-electron chi connectivity index (χ2n) is 6.23. The molecule has 8 nitrogen and oxygen atoms in total. The van der Waals surface area contributed by atoms with Crippen molar-refractivity contribution in [3.05, 3.63) is 60.6 Å². The number of esters is 1. The number of allylic oxidation sites excluding steroid dienone is 1. The lowest BCUT2D eigenvalue weighted by Gasteiger charge is -2.08. The van der Waals surface area contributed by atoms with Crippen LogP contribution in [0.3, 0.4) is 0 Å². The molecule has 3 aromatic rings. The van der Waals surface area contributed by atoms with Gasteiger partial charge in [-0.2, -0.15) is 0 Å². The number of hydrogen-bond donors (Lipinski definition) is 1. The number of carbonyl (C=O) groups is 2. The van der Waals surface area contributed by atoms with Crippen LogP contribution in [0.15, 0.2) is 58.8 Å². The van der Waals surface area contributed by atoms with Crippen molar-refractivity contribution in [2.75, 3.05) is 17.7 Å². The molecule has 3 rings (SSSR count). The van der Waals surface area contributed by atoms with Gasteiger partial charge >= 0.3 is 5.97 Å². The number of thioether (sulfide) groups is 1. The Morgan fingerprint density at radius 3 is 2.67 bits per heavy atom. The number of rotatable bonds is 9. The molecular formula is C21H22N4O4S. The van der Waals surface area contributed by atoms with Gasteiger partial charge in [-0.3, -0.25) is 9.36 Å². The number of nitrogens with one attached hydrogen (secondary N) is 1.